The highest BCUT2D eigenvalue weighted by atomic mass is 16.6. The van der Waals surface area contributed by atoms with Crippen molar-refractivity contribution in [2.45, 2.75) is 54.4 Å². The fraction of sp³-hybridized carbons (Fsp3) is 0.889. The minimum atomic E-state index is -0.396. The third-order valence-corrected chi connectivity index (χ3v) is 3.95. The van der Waals surface area contributed by atoms with Crippen molar-refractivity contribution in [3.05, 3.63) is 0 Å². The quantitative estimate of drug-likeness (QED) is 0.446. The second-order valence-electron chi connectivity index (χ2n) is 6.71. The Bertz CT molecular complexity index is 349. The molecule has 24 heavy (non-hydrogen) atoms. The zero-order valence-corrected chi connectivity index (χ0v) is 16.7. The predicted octanol–water partition coefficient (Wildman–Crippen LogP) is 3.22. The number of hydrogen-bond acceptors (Lipinski definition) is 6. The summed E-state index contributed by atoms with van der Waals surface area (Å²) in [6.45, 7) is 13.3. The van der Waals surface area contributed by atoms with E-state index in [-0.39, 0.29) is 17.4 Å². The van der Waals surface area contributed by atoms with Gasteiger partial charge in [0.25, 0.3) is 0 Å². The average Bonchev–Trinajstić information content (AvgIpc) is 2.57. The molecule has 6 nitrogen and oxygen atoms in total. The Morgan fingerprint density at radius 2 is 1.21 bits per heavy atom. The summed E-state index contributed by atoms with van der Waals surface area (Å²) in [5.41, 5.74) is -0.707. The van der Waals surface area contributed by atoms with Gasteiger partial charge >= 0.3 is 11.9 Å². The molecule has 0 saturated carbocycles. The molecule has 0 radical (unpaired) electrons. The Kier molecular flexibility index (Phi) is 13.8. The smallest absolute Gasteiger partial charge is 0.311 e. The van der Waals surface area contributed by atoms with E-state index in [1.807, 2.05) is 41.5 Å². The van der Waals surface area contributed by atoms with E-state index in [1.165, 1.54) is 7.11 Å². The molecule has 0 aliphatic heterocycles. The Hall–Kier alpha value is -1.14. The highest BCUT2D eigenvalue weighted by molar-refractivity contribution is 5.76. The first-order valence-electron chi connectivity index (χ1n) is 8.41. The van der Waals surface area contributed by atoms with Crippen molar-refractivity contribution in [3.63, 3.8) is 0 Å². The second-order valence-corrected chi connectivity index (χ2v) is 6.71. The van der Waals surface area contributed by atoms with Gasteiger partial charge in [0.15, 0.2) is 0 Å². The maximum absolute atomic E-state index is 11.5. The molecule has 6 heteroatoms. The summed E-state index contributed by atoms with van der Waals surface area (Å²) in [6.07, 6.45) is 1.59. The van der Waals surface area contributed by atoms with Crippen molar-refractivity contribution < 1.29 is 28.5 Å². The van der Waals surface area contributed by atoms with E-state index >= 15 is 0 Å². The largest absolute Gasteiger partial charge is 0.469 e. The minimum Gasteiger partial charge on any atom is -0.469 e. The summed E-state index contributed by atoms with van der Waals surface area (Å²) >= 11 is 0. The summed E-state index contributed by atoms with van der Waals surface area (Å²) < 4.78 is 19.6. The van der Waals surface area contributed by atoms with Gasteiger partial charge in [0.1, 0.15) is 6.61 Å². The van der Waals surface area contributed by atoms with Gasteiger partial charge in [-0.3, -0.25) is 9.59 Å². The summed E-state index contributed by atoms with van der Waals surface area (Å²) in [6, 6.07) is 0. The number of carbonyl (C=O) groups is 2. The first kappa shape index (κ1) is 25.1. The van der Waals surface area contributed by atoms with Crippen molar-refractivity contribution in [2.75, 3.05) is 40.6 Å². The van der Waals surface area contributed by atoms with Crippen LogP contribution in [0.2, 0.25) is 0 Å². The number of esters is 2. The van der Waals surface area contributed by atoms with Crippen LogP contribution in [0.3, 0.4) is 0 Å². The Labute approximate surface area is 147 Å². The van der Waals surface area contributed by atoms with Gasteiger partial charge in [-0.05, 0) is 40.5 Å². The van der Waals surface area contributed by atoms with Crippen LogP contribution >= 0.6 is 0 Å². The van der Waals surface area contributed by atoms with E-state index in [2.05, 4.69) is 4.74 Å². The lowest BCUT2D eigenvalue weighted by atomic mass is 9.91. The average molecular weight is 348 g/mol. The molecular formula is C18H36O6. The van der Waals surface area contributed by atoms with Crippen LogP contribution in [-0.2, 0) is 28.5 Å². The van der Waals surface area contributed by atoms with Gasteiger partial charge in [0.2, 0.25) is 0 Å². The number of rotatable bonds is 10. The first-order chi connectivity index (χ1) is 11.1. The fourth-order valence-electron chi connectivity index (χ4n) is 1.20. The topological polar surface area (TPSA) is 71.1 Å². The van der Waals surface area contributed by atoms with Crippen LogP contribution < -0.4 is 0 Å². The zero-order valence-electron chi connectivity index (χ0n) is 16.7. The van der Waals surface area contributed by atoms with Crippen LogP contribution in [0.5, 0.6) is 0 Å². The molecule has 0 heterocycles. The summed E-state index contributed by atoms with van der Waals surface area (Å²) in [4.78, 5) is 22.3. The first-order valence-corrected chi connectivity index (χ1v) is 8.41. The molecule has 0 aromatic rings. The van der Waals surface area contributed by atoms with Crippen molar-refractivity contribution in [2.24, 2.45) is 10.8 Å². The SMILES string of the molecule is CCC(C)(C)C(=O)OC.CCC(C)(C)C(=O)OCCOCCOC. The molecule has 0 fully saturated rings. The molecule has 0 spiro atoms. The molecule has 0 amide bonds. The molecule has 0 atom stereocenters. The predicted molar refractivity (Wildman–Crippen MR) is 93.8 cm³/mol. The maximum Gasteiger partial charge on any atom is 0.311 e. The van der Waals surface area contributed by atoms with Gasteiger partial charge in [-0.1, -0.05) is 13.8 Å². The van der Waals surface area contributed by atoms with Crippen molar-refractivity contribution in [1.82, 2.24) is 0 Å². The molecule has 0 bridgehead atoms. The van der Waals surface area contributed by atoms with Crippen LogP contribution in [0.1, 0.15) is 54.4 Å². The molecule has 144 valence electrons. The van der Waals surface area contributed by atoms with Gasteiger partial charge < -0.3 is 18.9 Å². The number of carbonyl (C=O) groups excluding carboxylic acids is 2. The van der Waals surface area contributed by atoms with Crippen LogP contribution in [0.4, 0.5) is 0 Å². The minimum absolute atomic E-state index is 0.134. The van der Waals surface area contributed by atoms with Gasteiger partial charge in [0, 0.05) is 7.11 Å². The number of methoxy groups -OCH3 is 2. The number of ether oxygens (including phenoxy) is 4. The molecule has 0 rings (SSSR count). The maximum atomic E-state index is 11.5. The lowest BCUT2D eigenvalue weighted by Crippen LogP contribution is -2.27. The Morgan fingerprint density at radius 3 is 1.58 bits per heavy atom. The molecule has 0 N–H and O–H groups in total. The molecule has 0 aliphatic rings. The van der Waals surface area contributed by atoms with Gasteiger partial charge in [-0.15, -0.1) is 0 Å². The van der Waals surface area contributed by atoms with Crippen LogP contribution in [-0.4, -0.2) is 52.6 Å². The molecule has 0 aromatic heterocycles. The Balaban J connectivity index is 0. The van der Waals surface area contributed by atoms with Crippen molar-refractivity contribution >= 4 is 11.9 Å². The van der Waals surface area contributed by atoms with Gasteiger partial charge in [-0.25, -0.2) is 0 Å². The normalized spacial score (nSPS) is 11.3. The van der Waals surface area contributed by atoms with Crippen molar-refractivity contribution in [1.29, 1.82) is 0 Å². The summed E-state index contributed by atoms with van der Waals surface area (Å²) in [5.74, 6) is -0.301. The lowest BCUT2D eigenvalue weighted by Gasteiger charge is -2.20. The fourth-order valence-corrected chi connectivity index (χ4v) is 1.20. The Morgan fingerprint density at radius 1 is 0.750 bits per heavy atom. The van der Waals surface area contributed by atoms with Crippen LogP contribution in [0, 0.1) is 10.8 Å². The highest BCUT2D eigenvalue weighted by Crippen LogP contribution is 2.21. The van der Waals surface area contributed by atoms with E-state index < -0.39 is 5.41 Å². The van der Waals surface area contributed by atoms with Gasteiger partial charge in [-0.2, -0.15) is 0 Å². The van der Waals surface area contributed by atoms with Crippen LogP contribution in [0.25, 0.3) is 0 Å². The highest BCUT2D eigenvalue weighted by Gasteiger charge is 2.27. The summed E-state index contributed by atoms with van der Waals surface area (Å²) in [7, 11) is 3.03. The zero-order chi connectivity index (χ0) is 19.2. The third kappa shape index (κ3) is 11.4. The third-order valence-electron chi connectivity index (χ3n) is 3.95. The lowest BCUT2D eigenvalue weighted by molar-refractivity contribution is -0.155. The van der Waals surface area contributed by atoms with E-state index in [4.69, 9.17) is 14.2 Å². The van der Waals surface area contributed by atoms with E-state index in [9.17, 15) is 9.59 Å². The molecule has 0 unspecified atom stereocenters. The standard InChI is InChI=1S/C11H22O4.C7H14O2/c1-5-11(2,3)10(12)15-9-8-14-7-6-13-4;1-5-7(2,3)6(8)9-4/h5-9H2,1-4H3;5H2,1-4H3. The van der Waals surface area contributed by atoms with E-state index in [0.29, 0.717) is 26.4 Å². The monoisotopic (exact) mass is 348 g/mol. The number of hydrogen-bond donors (Lipinski definition) is 0. The van der Waals surface area contributed by atoms with E-state index in [0.717, 1.165) is 12.8 Å². The molecule has 0 aromatic carbocycles. The second kappa shape index (κ2) is 13.2. The van der Waals surface area contributed by atoms with Gasteiger partial charge in [0.05, 0.1) is 37.8 Å². The van der Waals surface area contributed by atoms with E-state index in [1.54, 1.807) is 7.11 Å². The van der Waals surface area contributed by atoms with Crippen molar-refractivity contribution in [3.8, 4) is 0 Å². The molecule has 0 aliphatic carbocycles. The summed E-state index contributed by atoms with van der Waals surface area (Å²) in [5, 5.41) is 0. The van der Waals surface area contributed by atoms with Crippen LogP contribution in [0.15, 0.2) is 0 Å². The molecular weight excluding hydrogens is 312 g/mol. The molecule has 0 saturated heterocycles.